The van der Waals surface area contributed by atoms with Crippen LogP contribution in [0, 0.1) is 0 Å². The van der Waals surface area contributed by atoms with Crippen molar-refractivity contribution in [2.45, 2.75) is 13.0 Å². The Morgan fingerprint density at radius 3 is 2.31 bits per heavy atom. The molecule has 0 aliphatic heterocycles. The van der Waals surface area contributed by atoms with E-state index in [2.05, 4.69) is 15.9 Å². The van der Waals surface area contributed by atoms with Crippen LogP contribution in [-0.2, 0) is 0 Å². The highest BCUT2D eigenvalue weighted by Crippen LogP contribution is 2.40. The monoisotopic (exact) mass is 288 g/mol. The van der Waals surface area contributed by atoms with Crippen LogP contribution < -0.4 is 9.47 Å². The summed E-state index contributed by atoms with van der Waals surface area (Å²) in [6.07, 6.45) is -0.0297. The molecule has 1 aromatic carbocycles. The number of carbonyl (C=O) groups excluding carboxylic acids is 1. The van der Waals surface area contributed by atoms with Gasteiger partial charge in [-0.2, -0.15) is 0 Å². The molecule has 1 atom stereocenters. The van der Waals surface area contributed by atoms with Crippen LogP contribution in [-0.4, -0.2) is 25.6 Å². The molecule has 0 fully saturated rings. The van der Waals surface area contributed by atoms with Crippen molar-refractivity contribution in [2.24, 2.45) is 0 Å². The summed E-state index contributed by atoms with van der Waals surface area (Å²) in [5, 5.41) is 9.60. The molecular weight excluding hydrogens is 276 g/mol. The van der Waals surface area contributed by atoms with Crippen molar-refractivity contribution in [1.82, 2.24) is 0 Å². The fraction of sp³-hybridized carbons (Fsp3) is 0.364. The number of aldehydes is 1. The van der Waals surface area contributed by atoms with Crippen LogP contribution >= 0.6 is 15.9 Å². The van der Waals surface area contributed by atoms with Crippen molar-refractivity contribution in [3.8, 4) is 11.5 Å². The Labute approximate surface area is 102 Å². The molecule has 0 spiro atoms. The summed E-state index contributed by atoms with van der Waals surface area (Å²) in [6, 6.07) is 1.65. The summed E-state index contributed by atoms with van der Waals surface area (Å²) in [6.45, 7) is 1.62. The van der Waals surface area contributed by atoms with Gasteiger partial charge in [0.25, 0.3) is 0 Å². The maximum atomic E-state index is 10.9. The Kier molecular flexibility index (Phi) is 4.32. The minimum Gasteiger partial charge on any atom is -0.492 e. The van der Waals surface area contributed by atoms with Crippen LogP contribution in [0.5, 0.6) is 11.5 Å². The smallest absolute Gasteiger partial charge is 0.172 e. The summed E-state index contributed by atoms with van der Waals surface area (Å²) >= 11 is 3.25. The number of methoxy groups -OCH3 is 2. The minimum atomic E-state index is -0.708. The molecule has 1 N–H and O–H groups in total. The topological polar surface area (TPSA) is 55.8 Å². The fourth-order valence-electron chi connectivity index (χ4n) is 1.48. The van der Waals surface area contributed by atoms with Crippen molar-refractivity contribution in [2.75, 3.05) is 14.2 Å². The molecule has 0 aromatic heterocycles. The zero-order chi connectivity index (χ0) is 12.3. The maximum Gasteiger partial charge on any atom is 0.172 e. The van der Waals surface area contributed by atoms with E-state index in [1.54, 1.807) is 13.0 Å². The van der Waals surface area contributed by atoms with Crippen LogP contribution in [0.2, 0.25) is 0 Å². The minimum absolute atomic E-state index is 0.322. The van der Waals surface area contributed by atoms with Crippen LogP contribution in [0.1, 0.15) is 28.9 Å². The maximum absolute atomic E-state index is 10.9. The van der Waals surface area contributed by atoms with E-state index in [0.717, 1.165) is 0 Å². The molecule has 1 aromatic rings. The fourth-order valence-corrected chi connectivity index (χ4v) is 2.00. The van der Waals surface area contributed by atoms with E-state index in [9.17, 15) is 9.90 Å². The molecule has 0 radical (unpaired) electrons. The first kappa shape index (κ1) is 13.0. The van der Waals surface area contributed by atoms with Gasteiger partial charge in [0.2, 0.25) is 0 Å². The van der Waals surface area contributed by atoms with Gasteiger partial charge in [0.1, 0.15) is 0 Å². The third-order valence-electron chi connectivity index (χ3n) is 2.23. The Bertz CT molecular complexity index is 401. The average molecular weight is 289 g/mol. The van der Waals surface area contributed by atoms with Crippen molar-refractivity contribution in [3.05, 3.63) is 21.7 Å². The number of benzene rings is 1. The van der Waals surface area contributed by atoms with E-state index in [4.69, 9.17) is 9.47 Å². The zero-order valence-corrected chi connectivity index (χ0v) is 10.9. The van der Waals surface area contributed by atoms with Crippen LogP contribution in [0.3, 0.4) is 0 Å². The van der Waals surface area contributed by atoms with Crippen LogP contribution in [0.4, 0.5) is 0 Å². The predicted octanol–water partition coefficient (Wildman–Crippen LogP) is 2.33. The number of aliphatic hydroxyl groups excluding tert-OH is 1. The van der Waals surface area contributed by atoms with Gasteiger partial charge in [0.05, 0.1) is 25.9 Å². The molecule has 5 heteroatoms. The van der Waals surface area contributed by atoms with Gasteiger partial charge in [-0.1, -0.05) is 0 Å². The van der Waals surface area contributed by atoms with Crippen molar-refractivity contribution >= 4 is 22.2 Å². The second-order valence-corrected chi connectivity index (χ2v) is 4.08. The third-order valence-corrected chi connectivity index (χ3v) is 2.88. The predicted molar refractivity (Wildman–Crippen MR) is 63.3 cm³/mol. The molecule has 0 saturated heterocycles. The number of carbonyl (C=O) groups is 1. The van der Waals surface area contributed by atoms with Gasteiger partial charge in [0.15, 0.2) is 17.8 Å². The first-order valence-electron chi connectivity index (χ1n) is 4.64. The Hall–Kier alpha value is -1.07. The lowest BCUT2D eigenvalue weighted by molar-refractivity contribution is 0.111. The number of ether oxygens (including phenoxy) is 2. The van der Waals surface area contributed by atoms with Gasteiger partial charge >= 0.3 is 0 Å². The molecule has 0 saturated carbocycles. The molecule has 0 aliphatic rings. The first-order chi connectivity index (χ1) is 7.56. The summed E-state index contributed by atoms with van der Waals surface area (Å²) < 4.78 is 10.9. The summed E-state index contributed by atoms with van der Waals surface area (Å²) in [7, 11) is 2.91. The Morgan fingerprint density at radius 1 is 1.38 bits per heavy atom. The standard InChI is InChI=1S/C11H13BrO4/c1-6(14)7-4-9(12)8(5-13)11(16-3)10(7)15-2/h4-6,14H,1-3H3. The summed E-state index contributed by atoms with van der Waals surface area (Å²) in [5.74, 6) is 0.700. The number of hydrogen-bond donors (Lipinski definition) is 1. The molecule has 0 bridgehead atoms. The lowest BCUT2D eigenvalue weighted by Crippen LogP contribution is -2.03. The van der Waals surface area contributed by atoms with Gasteiger partial charge in [-0.3, -0.25) is 4.79 Å². The lowest BCUT2D eigenvalue weighted by Gasteiger charge is -2.17. The van der Waals surface area contributed by atoms with E-state index < -0.39 is 6.10 Å². The van der Waals surface area contributed by atoms with E-state index in [1.807, 2.05) is 0 Å². The van der Waals surface area contributed by atoms with Gasteiger partial charge in [-0.15, -0.1) is 0 Å². The third kappa shape index (κ3) is 2.20. The molecule has 16 heavy (non-hydrogen) atoms. The molecule has 1 rings (SSSR count). The first-order valence-corrected chi connectivity index (χ1v) is 5.43. The highest BCUT2D eigenvalue weighted by atomic mass is 79.9. The van der Waals surface area contributed by atoms with Crippen molar-refractivity contribution < 1.29 is 19.4 Å². The second kappa shape index (κ2) is 5.32. The summed E-state index contributed by atoms with van der Waals surface area (Å²) in [5.41, 5.74) is 0.931. The lowest BCUT2D eigenvalue weighted by atomic mass is 10.1. The molecule has 88 valence electrons. The van der Waals surface area contributed by atoms with Gasteiger partial charge < -0.3 is 14.6 Å². The van der Waals surface area contributed by atoms with Crippen LogP contribution in [0.15, 0.2) is 10.5 Å². The molecule has 0 amide bonds. The van der Waals surface area contributed by atoms with E-state index in [-0.39, 0.29) is 0 Å². The highest BCUT2D eigenvalue weighted by molar-refractivity contribution is 9.10. The number of hydrogen-bond acceptors (Lipinski definition) is 4. The largest absolute Gasteiger partial charge is 0.492 e. The zero-order valence-electron chi connectivity index (χ0n) is 9.28. The summed E-state index contributed by atoms with van der Waals surface area (Å²) in [4.78, 5) is 10.9. The van der Waals surface area contributed by atoms with Gasteiger partial charge in [-0.25, -0.2) is 0 Å². The SMILES string of the molecule is COc1c(C(C)O)cc(Br)c(C=O)c1OC. The quantitative estimate of drug-likeness (QED) is 0.864. The van der Waals surface area contributed by atoms with E-state index in [1.165, 1.54) is 14.2 Å². The van der Waals surface area contributed by atoms with E-state index in [0.29, 0.717) is 33.4 Å². The normalized spacial score (nSPS) is 12.1. The Balaban J connectivity index is 3.56. The van der Waals surface area contributed by atoms with Crippen LogP contribution in [0.25, 0.3) is 0 Å². The second-order valence-electron chi connectivity index (χ2n) is 3.22. The molecule has 1 unspecified atom stereocenters. The van der Waals surface area contributed by atoms with Gasteiger partial charge in [-0.05, 0) is 28.9 Å². The molecular formula is C11H13BrO4. The highest BCUT2D eigenvalue weighted by Gasteiger charge is 2.20. The van der Waals surface area contributed by atoms with Crippen molar-refractivity contribution in [1.29, 1.82) is 0 Å². The number of rotatable bonds is 4. The number of halogens is 1. The number of aliphatic hydroxyl groups is 1. The molecule has 4 nitrogen and oxygen atoms in total. The van der Waals surface area contributed by atoms with Crippen molar-refractivity contribution in [3.63, 3.8) is 0 Å². The molecule has 0 aliphatic carbocycles. The Morgan fingerprint density at radius 2 is 1.94 bits per heavy atom. The molecule has 0 heterocycles. The van der Waals surface area contributed by atoms with Gasteiger partial charge in [0, 0.05) is 10.0 Å². The average Bonchev–Trinajstić information content (AvgIpc) is 2.27. The van der Waals surface area contributed by atoms with E-state index >= 15 is 0 Å².